The Hall–Kier alpha value is -0.120. The number of rotatable bonds is 3. The first-order chi connectivity index (χ1) is 6.81. The van der Waals surface area contributed by atoms with Crippen LogP contribution in [0, 0.1) is 5.92 Å². The van der Waals surface area contributed by atoms with Crippen molar-refractivity contribution < 1.29 is 5.11 Å². The Kier molecular flexibility index (Phi) is 3.42. The van der Waals surface area contributed by atoms with Gasteiger partial charge in [0.25, 0.3) is 0 Å². The molecule has 0 bridgehead atoms. The molecule has 2 aliphatic heterocycles. The summed E-state index contributed by atoms with van der Waals surface area (Å²) in [6, 6.07) is 0.386. The van der Waals surface area contributed by atoms with Crippen molar-refractivity contribution >= 4 is 0 Å². The van der Waals surface area contributed by atoms with E-state index in [1.54, 1.807) is 0 Å². The Balaban J connectivity index is 1.82. The van der Waals surface area contributed by atoms with Crippen LogP contribution >= 0.6 is 0 Å². The smallest absolute Gasteiger partial charge is 0.0831 e. The molecule has 2 saturated heterocycles. The summed E-state index contributed by atoms with van der Waals surface area (Å²) in [7, 11) is 0. The number of nitrogens with zero attached hydrogens (tertiary/aromatic N) is 1. The van der Waals surface area contributed by atoms with E-state index < -0.39 is 0 Å². The van der Waals surface area contributed by atoms with Gasteiger partial charge in [0, 0.05) is 25.7 Å². The molecule has 0 saturated carbocycles. The summed E-state index contributed by atoms with van der Waals surface area (Å²) in [5.41, 5.74) is 0. The van der Waals surface area contributed by atoms with Gasteiger partial charge in [-0.2, -0.15) is 0 Å². The Morgan fingerprint density at radius 2 is 2.29 bits per heavy atom. The fourth-order valence-corrected chi connectivity index (χ4v) is 2.83. The van der Waals surface area contributed by atoms with Crippen molar-refractivity contribution in [3.8, 4) is 0 Å². The predicted molar refractivity (Wildman–Crippen MR) is 57.3 cm³/mol. The number of nitrogens with one attached hydrogen (secondary N) is 1. The Bertz CT molecular complexity index is 186. The van der Waals surface area contributed by atoms with Crippen molar-refractivity contribution in [2.24, 2.45) is 5.92 Å². The van der Waals surface area contributed by atoms with Gasteiger partial charge < -0.3 is 10.4 Å². The minimum absolute atomic E-state index is 0.143. The predicted octanol–water partition coefficient (Wildman–Crippen LogP) is 0.441. The van der Waals surface area contributed by atoms with Gasteiger partial charge in [-0.1, -0.05) is 13.3 Å². The van der Waals surface area contributed by atoms with Crippen LogP contribution in [-0.4, -0.2) is 48.3 Å². The summed E-state index contributed by atoms with van der Waals surface area (Å²) in [4.78, 5) is 2.48. The summed E-state index contributed by atoms with van der Waals surface area (Å²) in [5.74, 6) is 0.882. The monoisotopic (exact) mass is 198 g/mol. The van der Waals surface area contributed by atoms with E-state index in [1.165, 1.54) is 32.4 Å². The van der Waals surface area contributed by atoms with Crippen LogP contribution in [-0.2, 0) is 0 Å². The average Bonchev–Trinajstić information content (AvgIpc) is 2.74. The van der Waals surface area contributed by atoms with Crippen LogP contribution in [0.2, 0.25) is 0 Å². The first-order valence-electron chi connectivity index (χ1n) is 5.94. The van der Waals surface area contributed by atoms with E-state index in [1.807, 2.05) is 0 Å². The maximum absolute atomic E-state index is 9.76. The van der Waals surface area contributed by atoms with Crippen LogP contribution in [0.5, 0.6) is 0 Å². The SMILES string of the molecule is CCCC1CCN([C@@H]2CNC[C@H]2O)C1. The van der Waals surface area contributed by atoms with Gasteiger partial charge >= 0.3 is 0 Å². The van der Waals surface area contributed by atoms with Crippen LogP contribution < -0.4 is 5.32 Å². The number of hydrogen-bond acceptors (Lipinski definition) is 3. The van der Waals surface area contributed by atoms with Crippen molar-refractivity contribution in [3.05, 3.63) is 0 Å². The van der Waals surface area contributed by atoms with Gasteiger partial charge in [-0.3, -0.25) is 4.90 Å². The Morgan fingerprint density at radius 3 is 2.93 bits per heavy atom. The Labute approximate surface area is 86.5 Å². The highest BCUT2D eigenvalue weighted by Gasteiger charge is 2.34. The van der Waals surface area contributed by atoms with E-state index >= 15 is 0 Å². The molecular formula is C11H22N2O. The topological polar surface area (TPSA) is 35.5 Å². The second-order valence-corrected chi connectivity index (χ2v) is 4.73. The molecule has 0 radical (unpaired) electrons. The van der Waals surface area contributed by atoms with Crippen molar-refractivity contribution in [1.29, 1.82) is 0 Å². The van der Waals surface area contributed by atoms with E-state index in [9.17, 15) is 5.11 Å². The van der Waals surface area contributed by atoms with Crippen LogP contribution in [0.25, 0.3) is 0 Å². The first kappa shape index (κ1) is 10.4. The highest BCUT2D eigenvalue weighted by Crippen LogP contribution is 2.24. The maximum Gasteiger partial charge on any atom is 0.0831 e. The van der Waals surface area contributed by atoms with Crippen molar-refractivity contribution in [2.75, 3.05) is 26.2 Å². The molecular weight excluding hydrogens is 176 g/mol. The zero-order chi connectivity index (χ0) is 9.97. The van der Waals surface area contributed by atoms with Gasteiger partial charge in [0.2, 0.25) is 0 Å². The molecule has 0 aromatic carbocycles. The lowest BCUT2D eigenvalue weighted by atomic mass is 10.0. The molecule has 3 atom stereocenters. The minimum Gasteiger partial charge on any atom is -0.390 e. The molecule has 0 spiro atoms. The molecule has 3 nitrogen and oxygen atoms in total. The lowest BCUT2D eigenvalue weighted by Gasteiger charge is -2.25. The average molecular weight is 198 g/mol. The molecule has 2 aliphatic rings. The van der Waals surface area contributed by atoms with Gasteiger partial charge in [0.1, 0.15) is 0 Å². The summed E-state index contributed by atoms with van der Waals surface area (Å²) in [6.07, 6.45) is 3.84. The second-order valence-electron chi connectivity index (χ2n) is 4.73. The van der Waals surface area contributed by atoms with E-state index in [4.69, 9.17) is 0 Å². The van der Waals surface area contributed by atoms with Crippen molar-refractivity contribution in [1.82, 2.24) is 10.2 Å². The third-order valence-electron chi connectivity index (χ3n) is 3.63. The number of hydrogen-bond donors (Lipinski definition) is 2. The highest BCUT2D eigenvalue weighted by atomic mass is 16.3. The molecule has 14 heavy (non-hydrogen) atoms. The van der Waals surface area contributed by atoms with E-state index in [-0.39, 0.29) is 6.10 Å². The molecule has 2 N–H and O–H groups in total. The first-order valence-corrected chi connectivity index (χ1v) is 5.94. The summed E-state index contributed by atoms with van der Waals surface area (Å²) >= 11 is 0. The molecule has 2 fully saturated rings. The minimum atomic E-state index is -0.143. The summed E-state index contributed by atoms with van der Waals surface area (Å²) in [5, 5.41) is 13.0. The fourth-order valence-electron chi connectivity index (χ4n) is 2.83. The summed E-state index contributed by atoms with van der Waals surface area (Å²) < 4.78 is 0. The van der Waals surface area contributed by atoms with Crippen LogP contribution in [0.15, 0.2) is 0 Å². The van der Waals surface area contributed by atoms with E-state index in [2.05, 4.69) is 17.1 Å². The quantitative estimate of drug-likeness (QED) is 0.691. The van der Waals surface area contributed by atoms with Gasteiger partial charge in [-0.05, 0) is 25.3 Å². The zero-order valence-electron chi connectivity index (χ0n) is 9.08. The van der Waals surface area contributed by atoms with Crippen LogP contribution in [0.1, 0.15) is 26.2 Å². The maximum atomic E-state index is 9.76. The van der Waals surface area contributed by atoms with Gasteiger partial charge in [-0.25, -0.2) is 0 Å². The van der Waals surface area contributed by atoms with Crippen molar-refractivity contribution in [2.45, 2.75) is 38.3 Å². The molecule has 0 amide bonds. The Morgan fingerprint density at radius 1 is 1.43 bits per heavy atom. The molecule has 2 heterocycles. The van der Waals surface area contributed by atoms with Crippen LogP contribution in [0.3, 0.4) is 0 Å². The third-order valence-corrected chi connectivity index (χ3v) is 3.63. The molecule has 0 aromatic heterocycles. The second kappa shape index (κ2) is 4.60. The number of likely N-dealkylation sites (tertiary alicyclic amines) is 1. The van der Waals surface area contributed by atoms with E-state index in [0.717, 1.165) is 19.0 Å². The number of aliphatic hydroxyl groups is 1. The largest absolute Gasteiger partial charge is 0.390 e. The normalized spacial score (nSPS) is 39.4. The van der Waals surface area contributed by atoms with Gasteiger partial charge in [0.05, 0.1) is 6.10 Å². The highest BCUT2D eigenvalue weighted by molar-refractivity contribution is 4.91. The molecule has 3 heteroatoms. The van der Waals surface area contributed by atoms with Crippen LogP contribution in [0.4, 0.5) is 0 Å². The fraction of sp³-hybridized carbons (Fsp3) is 1.00. The van der Waals surface area contributed by atoms with E-state index in [0.29, 0.717) is 6.04 Å². The lowest BCUT2D eigenvalue weighted by molar-refractivity contribution is 0.0958. The number of β-amino-alcohol motifs (C(OH)–C–C–N with tert-alkyl or cyclic N) is 1. The van der Waals surface area contributed by atoms with Gasteiger partial charge in [-0.15, -0.1) is 0 Å². The summed E-state index contributed by atoms with van der Waals surface area (Å²) in [6.45, 7) is 6.40. The zero-order valence-corrected chi connectivity index (χ0v) is 9.08. The molecule has 82 valence electrons. The van der Waals surface area contributed by atoms with Gasteiger partial charge in [0.15, 0.2) is 0 Å². The molecule has 0 aromatic rings. The molecule has 0 aliphatic carbocycles. The lowest BCUT2D eigenvalue weighted by Crippen LogP contribution is -2.41. The number of aliphatic hydroxyl groups excluding tert-OH is 1. The van der Waals surface area contributed by atoms with Crippen molar-refractivity contribution in [3.63, 3.8) is 0 Å². The molecule has 1 unspecified atom stereocenters. The third kappa shape index (κ3) is 2.10. The standard InChI is InChI=1S/C11H22N2O/c1-2-3-9-4-5-13(8-9)10-6-12-7-11(10)14/h9-12,14H,2-8H2,1H3/t9?,10-,11-/m1/s1. The molecule has 2 rings (SSSR count).